The lowest BCUT2D eigenvalue weighted by Gasteiger charge is -2.13. The number of benzene rings is 1. The van der Waals surface area contributed by atoms with Crippen LogP contribution in [0.5, 0.6) is 0 Å². The van der Waals surface area contributed by atoms with E-state index >= 15 is 0 Å². The molecule has 0 fully saturated rings. The fourth-order valence-corrected chi connectivity index (χ4v) is 2.93. The molecule has 0 aliphatic carbocycles. The second kappa shape index (κ2) is 11.6. The zero-order chi connectivity index (χ0) is 17.0. The Balaban J connectivity index is 2.00. The maximum atomic E-state index is 11.7. The standard InChI is InChI=1S/C16H24O7S/c17-24(18)16-14-2-1-3-15(16)13-23-11-9-21-7-5-19-4-6-20-8-10-22-12-14/h1-3H,4-13H2,(H,17,18). The summed E-state index contributed by atoms with van der Waals surface area (Å²) in [6.07, 6.45) is 0. The Morgan fingerprint density at radius 3 is 1.46 bits per heavy atom. The van der Waals surface area contributed by atoms with Gasteiger partial charge in [-0.25, -0.2) is 4.21 Å². The zero-order valence-corrected chi connectivity index (χ0v) is 14.4. The number of fused-ring (bicyclic) bond motifs is 2. The van der Waals surface area contributed by atoms with Crippen molar-refractivity contribution in [3.05, 3.63) is 29.3 Å². The maximum absolute atomic E-state index is 11.7. The molecule has 1 N–H and O–H groups in total. The molecule has 2 rings (SSSR count). The van der Waals surface area contributed by atoms with Gasteiger partial charge in [0.05, 0.1) is 71.0 Å². The lowest BCUT2D eigenvalue weighted by Crippen LogP contribution is -2.14. The summed E-state index contributed by atoms with van der Waals surface area (Å²) in [5.74, 6) is 0. The molecule has 24 heavy (non-hydrogen) atoms. The van der Waals surface area contributed by atoms with Crippen LogP contribution < -0.4 is 0 Å². The van der Waals surface area contributed by atoms with Crippen LogP contribution in [-0.4, -0.2) is 61.6 Å². The van der Waals surface area contributed by atoms with Crippen molar-refractivity contribution in [2.75, 3.05) is 52.9 Å². The summed E-state index contributed by atoms with van der Waals surface area (Å²) < 4.78 is 48.5. The molecular weight excluding hydrogens is 336 g/mol. The molecule has 8 heteroatoms. The van der Waals surface area contributed by atoms with E-state index in [9.17, 15) is 8.76 Å². The quantitative estimate of drug-likeness (QED) is 0.757. The maximum Gasteiger partial charge on any atom is 0.187 e. The van der Waals surface area contributed by atoms with E-state index < -0.39 is 11.1 Å². The number of rotatable bonds is 1. The Labute approximate surface area is 144 Å². The molecule has 1 heterocycles. The normalized spacial score (nSPS) is 20.7. The monoisotopic (exact) mass is 360 g/mol. The van der Waals surface area contributed by atoms with Crippen LogP contribution in [0.3, 0.4) is 0 Å². The van der Waals surface area contributed by atoms with Gasteiger partial charge in [0.25, 0.3) is 0 Å². The van der Waals surface area contributed by atoms with Crippen LogP contribution in [0.1, 0.15) is 11.1 Å². The summed E-state index contributed by atoms with van der Waals surface area (Å²) in [7, 11) is 0. The van der Waals surface area contributed by atoms with Crippen LogP contribution in [0, 0.1) is 0 Å². The van der Waals surface area contributed by atoms with E-state index in [-0.39, 0.29) is 13.2 Å². The first-order valence-corrected chi connectivity index (χ1v) is 9.00. The summed E-state index contributed by atoms with van der Waals surface area (Å²) in [5.41, 5.74) is 1.36. The average Bonchev–Trinajstić information content (AvgIpc) is 2.57. The summed E-state index contributed by atoms with van der Waals surface area (Å²) in [6, 6.07) is 5.39. The minimum absolute atomic E-state index is 0.248. The van der Waals surface area contributed by atoms with E-state index in [0.717, 1.165) is 0 Å². The third kappa shape index (κ3) is 6.94. The van der Waals surface area contributed by atoms with E-state index in [2.05, 4.69) is 0 Å². The van der Waals surface area contributed by atoms with Gasteiger partial charge in [0.1, 0.15) is 0 Å². The number of hydrogen-bond donors (Lipinski definition) is 1. The summed E-state index contributed by atoms with van der Waals surface area (Å²) in [4.78, 5) is 0.355. The highest BCUT2D eigenvalue weighted by molar-refractivity contribution is 7.79. The molecule has 0 radical (unpaired) electrons. The van der Waals surface area contributed by atoms with Gasteiger partial charge in [-0.1, -0.05) is 18.2 Å². The second-order valence-electron chi connectivity index (χ2n) is 5.10. The van der Waals surface area contributed by atoms with Gasteiger partial charge in [-0.05, 0) is 11.1 Å². The summed E-state index contributed by atoms with van der Waals surface area (Å²) in [6.45, 7) is 4.20. The first-order chi connectivity index (χ1) is 11.8. The van der Waals surface area contributed by atoms with Crippen LogP contribution in [0.15, 0.2) is 23.1 Å². The van der Waals surface area contributed by atoms with Gasteiger partial charge in [-0.3, -0.25) is 0 Å². The van der Waals surface area contributed by atoms with Crippen molar-refractivity contribution in [2.45, 2.75) is 18.1 Å². The molecule has 1 unspecified atom stereocenters. The van der Waals surface area contributed by atoms with Crippen molar-refractivity contribution >= 4 is 11.1 Å². The van der Waals surface area contributed by atoms with Gasteiger partial charge >= 0.3 is 0 Å². The van der Waals surface area contributed by atoms with Crippen LogP contribution in [0.4, 0.5) is 0 Å². The minimum Gasteiger partial charge on any atom is -0.377 e. The highest BCUT2D eigenvalue weighted by atomic mass is 32.2. The Bertz CT molecular complexity index is 475. The van der Waals surface area contributed by atoms with Gasteiger partial charge in [-0.15, -0.1) is 0 Å². The van der Waals surface area contributed by atoms with E-state index in [0.29, 0.717) is 68.9 Å². The fourth-order valence-electron chi connectivity index (χ4n) is 2.23. The minimum atomic E-state index is -2.10. The van der Waals surface area contributed by atoms with Gasteiger partial charge < -0.3 is 28.2 Å². The van der Waals surface area contributed by atoms with Gasteiger partial charge in [0.15, 0.2) is 11.1 Å². The van der Waals surface area contributed by atoms with Gasteiger partial charge in [0, 0.05) is 0 Å². The van der Waals surface area contributed by atoms with Crippen molar-refractivity contribution in [1.29, 1.82) is 0 Å². The van der Waals surface area contributed by atoms with E-state index in [4.69, 9.17) is 23.7 Å². The Hall–Kier alpha value is -0.870. The van der Waals surface area contributed by atoms with Crippen LogP contribution in [0.25, 0.3) is 0 Å². The van der Waals surface area contributed by atoms with E-state index in [1.807, 2.05) is 6.07 Å². The smallest absolute Gasteiger partial charge is 0.187 e. The van der Waals surface area contributed by atoms with Gasteiger partial charge in [-0.2, -0.15) is 0 Å². The molecule has 1 aromatic rings. The molecule has 1 aromatic carbocycles. The van der Waals surface area contributed by atoms with Crippen LogP contribution in [0.2, 0.25) is 0 Å². The number of hydrogen-bond acceptors (Lipinski definition) is 6. The Kier molecular flexibility index (Phi) is 9.44. The van der Waals surface area contributed by atoms with E-state index in [1.54, 1.807) is 12.1 Å². The number of ether oxygens (including phenoxy) is 5. The zero-order valence-electron chi connectivity index (χ0n) is 13.6. The highest BCUT2D eigenvalue weighted by Gasteiger charge is 2.14. The topological polar surface area (TPSA) is 83.5 Å². The second-order valence-corrected chi connectivity index (χ2v) is 6.00. The lowest BCUT2D eigenvalue weighted by atomic mass is 10.1. The Morgan fingerprint density at radius 2 is 1.08 bits per heavy atom. The van der Waals surface area contributed by atoms with E-state index in [1.165, 1.54) is 0 Å². The molecule has 0 saturated carbocycles. The molecule has 0 saturated heterocycles. The molecule has 0 aromatic heterocycles. The fraction of sp³-hybridized carbons (Fsp3) is 0.625. The third-order valence-electron chi connectivity index (χ3n) is 3.36. The molecule has 0 spiro atoms. The largest absolute Gasteiger partial charge is 0.377 e. The predicted molar refractivity (Wildman–Crippen MR) is 87.2 cm³/mol. The molecule has 2 bridgehead atoms. The van der Waals surface area contributed by atoms with Gasteiger partial charge in [0.2, 0.25) is 0 Å². The molecular formula is C16H24O7S. The lowest BCUT2D eigenvalue weighted by molar-refractivity contribution is -0.0149. The molecule has 1 aliphatic rings. The molecule has 136 valence electrons. The van der Waals surface area contributed by atoms with Crippen molar-refractivity contribution in [1.82, 2.24) is 0 Å². The van der Waals surface area contributed by atoms with Crippen LogP contribution in [-0.2, 0) is 48.0 Å². The van der Waals surface area contributed by atoms with Crippen molar-refractivity contribution in [3.8, 4) is 0 Å². The summed E-state index contributed by atoms with van der Waals surface area (Å²) >= 11 is -2.10. The first kappa shape index (κ1) is 19.5. The average molecular weight is 360 g/mol. The molecule has 1 aliphatic heterocycles. The Morgan fingerprint density at radius 1 is 0.708 bits per heavy atom. The molecule has 1 atom stereocenters. The summed E-state index contributed by atoms with van der Waals surface area (Å²) in [5, 5.41) is 0. The van der Waals surface area contributed by atoms with Crippen molar-refractivity contribution in [3.63, 3.8) is 0 Å². The highest BCUT2D eigenvalue weighted by Crippen LogP contribution is 2.20. The first-order valence-electron chi connectivity index (χ1n) is 7.89. The van der Waals surface area contributed by atoms with Crippen LogP contribution >= 0.6 is 0 Å². The van der Waals surface area contributed by atoms with Crippen molar-refractivity contribution in [2.24, 2.45) is 0 Å². The molecule has 7 nitrogen and oxygen atoms in total. The SMILES string of the molecule is O=S(O)c1c2cccc1COCCOCCOCCOCCOC2. The predicted octanol–water partition coefficient (Wildman–Crippen LogP) is 1.36. The molecule has 0 amide bonds. The van der Waals surface area contributed by atoms with Crippen molar-refractivity contribution < 1.29 is 32.4 Å². The third-order valence-corrected chi connectivity index (χ3v) is 4.23.